The van der Waals surface area contributed by atoms with E-state index in [-0.39, 0.29) is 17.3 Å². The van der Waals surface area contributed by atoms with Gasteiger partial charge in [-0.2, -0.15) is 4.31 Å². The Hall–Kier alpha value is -2.09. The smallest absolute Gasteiger partial charge is 0.243 e. The molecule has 6 nitrogen and oxygen atoms in total. The maximum absolute atomic E-state index is 12.9. The van der Waals surface area contributed by atoms with Gasteiger partial charge in [-0.15, -0.1) is 0 Å². The molecule has 1 heterocycles. The van der Waals surface area contributed by atoms with Crippen LogP contribution in [0.4, 0.5) is 5.69 Å². The number of methoxy groups -OCH3 is 1. The summed E-state index contributed by atoms with van der Waals surface area (Å²) < 4.78 is 32.4. The number of carbonyl (C=O) groups excluding carboxylic acids is 1. The number of piperidine rings is 1. The molecule has 1 aliphatic rings. The van der Waals surface area contributed by atoms with Gasteiger partial charge in [0.2, 0.25) is 15.9 Å². The summed E-state index contributed by atoms with van der Waals surface area (Å²) in [5.41, 5.74) is 1.55. The molecule has 0 unspecified atom stereocenters. The molecule has 1 aliphatic heterocycles. The molecule has 1 saturated heterocycles. The molecule has 28 heavy (non-hydrogen) atoms. The second-order valence-corrected chi connectivity index (χ2v) is 9.20. The highest BCUT2D eigenvalue weighted by Crippen LogP contribution is 2.27. The van der Waals surface area contributed by atoms with E-state index in [4.69, 9.17) is 16.3 Å². The van der Waals surface area contributed by atoms with Gasteiger partial charge in [-0.05, 0) is 67.8 Å². The Balaban J connectivity index is 1.72. The first kappa shape index (κ1) is 20.6. The van der Waals surface area contributed by atoms with Gasteiger partial charge in [0.05, 0.1) is 17.9 Å². The maximum atomic E-state index is 12.9. The largest absolute Gasteiger partial charge is 0.497 e. The number of rotatable bonds is 5. The summed E-state index contributed by atoms with van der Waals surface area (Å²) in [7, 11) is -2.13. The number of nitrogens with zero attached hydrogens (tertiary/aromatic N) is 1. The van der Waals surface area contributed by atoms with E-state index in [1.165, 1.54) is 23.5 Å². The Morgan fingerprint density at radius 1 is 1.21 bits per heavy atom. The molecule has 1 amide bonds. The van der Waals surface area contributed by atoms with E-state index >= 15 is 0 Å². The van der Waals surface area contributed by atoms with E-state index in [1.807, 2.05) is 6.92 Å². The lowest BCUT2D eigenvalue weighted by molar-refractivity contribution is -0.120. The molecule has 150 valence electrons. The molecule has 3 rings (SSSR count). The molecular weight excluding hydrogens is 400 g/mol. The first-order chi connectivity index (χ1) is 13.3. The van der Waals surface area contributed by atoms with Crippen LogP contribution in [0.15, 0.2) is 47.4 Å². The van der Waals surface area contributed by atoms with Crippen molar-refractivity contribution in [3.8, 4) is 5.75 Å². The number of hydrogen-bond acceptors (Lipinski definition) is 4. The number of aryl methyl sites for hydroxylation is 1. The predicted octanol–water partition coefficient (Wildman–Crippen LogP) is 3.70. The SMILES string of the molecule is COc1ccc(S(=O)(=O)N2CCC[C@H](C(=O)Nc3ccc(Cl)cc3C)C2)cc1. The van der Waals surface area contributed by atoms with Gasteiger partial charge in [-0.3, -0.25) is 4.79 Å². The van der Waals surface area contributed by atoms with E-state index in [2.05, 4.69) is 5.32 Å². The first-order valence-electron chi connectivity index (χ1n) is 9.02. The van der Waals surface area contributed by atoms with Gasteiger partial charge >= 0.3 is 0 Å². The number of sulfonamides is 1. The molecular formula is C20H23ClN2O4S. The zero-order valence-electron chi connectivity index (χ0n) is 15.8. The topological polar surface area (TPSA) is 75.7 Å². The van der Waals surface area contributed by atoms with Crippen LogP contribution < -0.4 is 10.1 Å². The average Bonchev–Trinajstić information content (AvgIpc) is 2.70. The summed E-state index contributed by atoms with van der Waals surface area (Å²) >= 11 is 5.95. The van der Waals surface area contributed by atoms with Crippen LogP contribution in [0.1, 0.15) is 18.4 Å². The molecule has 0 spiro atoms. The normalized spacial score (nSPS) is 17.9. The van der Waals surface area contributed by atoms with E-state index in [1.54, 1.807) is 30.3 Å². The number of halogens is 1. The van der Waals surface area contributed by atoms with Crippen LogP contribution >= 0.6 is 11.6 Å². The molecule has 8 heteroatoms. The Bertz CT molecular complexity index is 961. The van der Waals surface area contributed by atoms with E-state index in [9.17, 15) is 13.2 Å². The Morgan fingerprint density at radius 2 is 1.93 bits per heavy atom. The third kappa shape index (κ3) is 4.48. The summed E-state index contributed by atoms with van der Waals surface area (Å²) in [4.78, 5) is 12.9. The summed E-state index contributed by atoms with van der Waals surface area (Å²) in [5, 5.41) is 3.50. The van der Waals surface area contributed by atoms with Gasteiger partial charge in [0.15, 0.2) is 0 Å². The highest BCUT2D eigenvalue weighted by Gasteiger charge is 2.33. The van der Waals surface area contributed by atoms with E-state index in [0.717, 1.165) is 5.56 Å². The van der Waals surface area contributed by atoms with Gasteiger partial charge in [0, 0.05) is 23.8 Å². The van der Waals surface area contributed by atoms with Crippen molar-refractivity contribution in [2.75, 3.05) is 25.5 Å². The van der Waals surface area contributed by atoms with Crippen molar-refractivity contribution in [2.24, 2.45) is 5.92 Å². The molecule has 0 bridgehead atoms. The predicted molar refractivity (Wildman–Crippen MR) is 109 cm³/mol. The van der Waals surface area contributed by atoms with Crippen molar-refractivity contribution in [3.05, 3.63) is 53.1 Å². The standard InChI is InChI=1S/C20H23ClN2O4S/c1-14-12-16(21)5-10-19(14)22-20(24)15-4-3-11-23(13-15)28(25,26)18-8-6-17(27-2)7-9-18/h5-10,12,15H,3-4,11,13H2,1-2H3,(H,22,24)/t15-/m0/s1. The van der Waals surface area contributed by atoms with Crippen molar-refractivity contribution < 1.29 is 17.9 Å². The minimum absolute atomic E-state index is 0.160. The fourth-order valence-corrected chi connectivity index (χ4v) is 5.02. The zero-order chi connectivity index (χ0) is 20.3. The molecule has 0 saturated carbocycles. The van der Waals surface area contributed by atoms with Crippen molar-refractivity contribution in [1.82, 2.24) is 4.31 Å². The number of ether oxygens (including phenoxy) is 1. The van der Waals surface area contributed by atoms with Gasteiger partial charge in [0.1, 0.15) is 5.75 Å². The summed E-state index contributed by atoms with van der Waals surface area (Å²) in [6.45, 7) is 2.42. The van der Waals surface area contributed by atoms with Gasteiger partial charge in [-0.25, -0.2) is 8.42 Å². The third-order valence-electron chi connectivity index (χ3n) is 4.90. The average molecular weight is 423 g/mol. The lowest BCUT2D eigenvalue weighted by atomic mass is 9.98. The number of hydrogen-bond donors (Lipinski definition) is 1. The van der Waals surface area contributed by atoms with Crippen LogP contribution in [0, 0.1) is 12.8 Å². The third-order valence-corrected chi connectivity index (χ3v) is 7.01. The number of benzene rings is 2. The summed E-state index contributed by atoms with van der Waals surface area (Å²) in [6.07, 6.45) is 1.28. The molecule has 2 aromatic rings. The molecule has 0 aromatic heterocycles. The van der Waals surface area contributed by atoms with Gasteiger partial charge in [-0.1, -0.05) is 11.6 Å². The highest BCUT2D eigenvalue weighted by molar-refractivity contribution is 7.89. The van der Waals surface area contributed by atoms with Crippen molar-refractivity contribution in [2.45, 2.75) is 24.7 Å². The van der Waals surface area contributed by atoms with Crippen molar-refractivity contribution in [3.63, 3.8) is 0 Å². The number of nitrogens with one attached hydrogen (secondary N) is 1. The number of carbonyl (C=O) groups is 1. The van der Waals surface area contributed by atoms with Gasteiger partial charge in [0.25, 0.3) is 0 Å². The molecule has 2 aromatic carbocycles. The van der Waals surface area contributed by atoms with Crippen molar-refractivity contribution in [1.29, 1.82) is 0 Å². The Labute approximate surface area is 170 Å². The molecule has 0 radical (unpaired) electrons. The Kier molecular flexibility index (Phi) is 6.27. The lowest BCUT2D eigenvalue weighted by Crippen LogP contribution is -2.43. The fraction of sp³-hybridized carbons (Fsp3) is 0.350. The summed E-state index contributed by atoms with van der Waals surface area (Å²) in [5.74, 6) is 0.00471. The monoisotopic (exact) mass is 422 g/mol. The second-order valence-electron chi connectivity index (χ2n) is 6.83. The van der Waals surface area contributed by atoms with E-state index in [0.29, 0.717) is 35.8 Å². The zero-order valence-corrected chi connectivity index (χ0v) is 17.4. The first-order valence-corrected chi connectivity index (χ1v) is 10.8. The van der Waals surface area contributed by atoms with Crippen LogP contribution in [0.3, 0.4) is 0 Å². The molecule has 1 N–H and O–H groups in total. The lowest BCUT2D eigenvalue weighted by Gasteiger charge is -2.31. The number of anilines is 1. The Morgan fingerprint density at radius 3 is 2.57 bits per heavy atom. The summed E-state index contributed by atoms with van der Waals surface area (Å²) in [6, 6.07) is 11.5. The fourth-order valence-electron chi connectivity index (χ4n) is 3.27. The highest BCUT2D eigenvalue weighted by atomic mass is 35.5. The quantitative estimate of drug-likeness (QED) is 0.797. The van der Waals surface area contributed by atoms with E-state index < -0.39 is 15.9 Å². The van der Waals surface area contributed by atoms with Crippen LogP contribution in [-0.2, 0) is 14.8 Å². The van der Waals surface area contributed by atoms with Crippen LogP contribution in [0.5, 0.6) is 5.75 Å². The van der Waals surface area contributed by atoms with Crippen LogP contribution in [0.2, 0.25) is 5.02 Å². The second kappa shape index (κ2) is 8.51. The van der Waals surface area contributed by atoms with Crippen LogP contribution in [0.25, 0.3) is 0 Å². The van der Waals surface area contributed by atoms with Gasteiger partial charge < -0.3 is 10.1 Å². The number of amides is 1. The van der Waals surface area contributed by atoms with Crippen LogP contribution in [-0.4, -0.2) is 38.8 Å². The molecule has 1 atom stereocenters. The minimum atomic E-state index is -3.66. The van der Waals surface area contributed by atoms with Crippen molar-refractivity contribution >= 4 is 33.2 Å². The molecule has 0 aliphatic carbocycles. The molecule has 1 fully saturated rings. The maximum Gasteiger partial charge on any atom is 0.243 e. The minimum Gasteiger partial charge on any atom is -0.497 e.